The van der Waals surface area contributed by atoms with Crippen molar-refractivity contribution in [3.8, 4) is 0 Å². The molecule has 0 saturated carbocycles. The van der Waals surface area contributed by atoms with Gasteiger partial charge >= 0.3 is 0 Å². The second-order valence-electron chi connectivity index (χ2n) is 4.04. The van der Waals surface area contributed by atoms with Gasteiger partial charge < -0.3 is 4.48 Å². The Bertz CT molecular complexity index is 101. The van der Waals surface area contributed by atoms with E-state index in [0.29, 0.717) is 0 Å². The number of hydrogen-bond acceptors (Lipinski definition) is 0. The fraction of sp³-hybridized carbons (Fsp3) is 1.00. The lowest BCUT2D eigenvalue weighted by atomic mass is 9.97. The van der Waals surface area contributed by atoms with Crippen LogP contribution in [0.25, 0.3) is 0 Å². The molecule has 1 aliphatic heterocycles. The molecule has 1 nitrogen and oxygen atoms in total. The molecule has 1 aliphatic rings. The van der Waals surface area contributed by atoms with Crippen LogP contribution in [0.4, 0.5) is 0 Å². The van der Waals surface area contributed by atoms with E-state index in [4.69, 9.17) is 0 Å². The van der Waals surface area contributed by atoms with Crippen molar-refractivity contribution >= 4 is 0 Å². The maximum atomic E-state index is 2.35. The number of hydrogen-bond donors (Lipinski definition) is 0. The molecule has 0 radical (unpaired) electrons. The van der Waals surface area contributed by atoms with Crippen LogP contribution in [0.2, 0.25) is 0 Å². The van der Waals surface area contributed by atoms with Gasteiger partial charge in [0.15, 0.2) is 0 Å². The number of nitrogens with zero attached hydrogens (tertiary/aromatic N) is 1. The first-order valence-corrected chi connectivity index (χ1v) is 3.89. The topological polar surface area (TPSA) is 0 Å². The summed E-state index contributed by atoms with van der Waals surface area (Å²) in [5, 5.41) is 0. The second kappa shape index (κ2) is 1.98. The van der Waals surface area contributed by atoms with Crippen LogP contribution in [-0.4, -0.2) is 30.7 Å². The van der Waals surface area contributed by atoms with Crippen molar-refractivity contribution in [3.63, 3.8) is 0 Å². The lowest BCUT2D eigenvalue weighted by Crippen LogP contribution is -2.63. The molecular formula is C8H18N+. The number of quaternary nitrogens is 1. The molecule has 0 bridgehead atoms. The fourth-order valence-electron chi connectivity index (χ4n) is 1.79. The van der Waals surface area contributed by atoms with Crippen molar-refractivity contribution in [2.24, 2.45) is 5.92 Å². The Labute approximate surface area is 58.3 Å². The van der Waals surface area contributed by atoms with Gasteiger partial charge in [-0.15, -0.1) is 0 Å². The van der Waals surface area contributed by atoms with Gasteiger partial charge in [0.25, 0.3) is 0 Å². The minimum Gasteiger partial charge on any atom is -0.323 e. The molecule has 0 unspecified atom stereocenters. The summed E-state index contributed by atoms with van der Waals surface area (Å²) < 4.78 is 1.29. The summed E-state index contributed by atoms with van der Waals surface area (Å²) in [4.78, 5) is 0. The molecule has 0 atom stereocenters. The Morgan fingerprint density at radius 3 is 1.89 bits per heavy atom. The fourth-order valence-corrected chi connectivity index (χ4v) is 1.79. The maximum Gasteiger partial charge on any atom is 0.0867 e. The molecule has 1 rings (SSSR count). The van der Waals surface area contributed by atoms with Gasteiger partial charge in [0.2, 0.25) is 0 Å². The minimum atomic E-state index is 0.821. The molecule has 1 saturated heterocycles. The predicted octanol–water partition coefficient (Wildman–Crippen LogP) is 1.49. The third-order valence-electron chi connectivity index (χ3n) is 2.70. The van der Waals surface area contributed by atoms with E-state index in [1.165, 1.54) is 17.6 Å². The molecule has 1 heteroatoms. The zero-order valence-corrected chi connectivity index (χ0v) is 7.02. The summed E-state index contributed by atoms with van der Waals surface area (Å²) in [6.07, 6.45) is 0. The van der Waals surface area contributed by atoms with Crippen molar-refractivity contribution in [2.45, 2.75) is 26.8 Å². The average Bonchev–Trinajstić information content (AvgIpc) is 1.62. The van der Waals surface area contributed by atoms with E-state index in [2.05, 4.69) is 27.8 Å². The van der Waals surface area contributed by atoms with E-state index in [1.807, 2.05) is 0 Å². The highest BCUT2D eigenvalue weighted by molar-refractivity contribution is 4.63. The van der Waals surface area contributed by atoms with Crippen molar-refractivity contribution in [1.29, 1.82) is 0 Å². The molecule has 54 valence electrons. The van der Waals surface area contributed by atoms with Crippen molar-refractivity contribution < 1.29 is 4.48 Å². The normalized spacial score (nSPS) is 43.0. The minimum absolute atomic E-state index is 0.821. The standard InChI is InChI=1S/C8H18N/c1-7(2)9(4)5-8(3)6-9/h7-8H,5-6H2,1-4H3/q+1. The third-order valence-corrected chi connectivity index (χ3v) is 2.70. The maximum absolute atomic E-state index is 2.35. The first-order valence-electron chi connectivity index (χ1n) is 3.89. The van der Waals surface area contributed by atoms with Gasteiger partial charge in [0, 0.05) is 0 Å². The monoisotopic (exact) mass is 128 g/mol. The first kappa shape index (κ1) is 7.07. The van der Waals surface area contributed by atoms with Crippen LogP contribution in [0.15, 0.2) is 0 Å². The SMILES string of the molecule is CC1C[N+](C)(C(C)C)C1. The van der Waals surface area contributed by atoms with Gasteiger partial charge in [0.1, 0.15) is 0 Å². The van der Waals surface area contributed by atoms with Gasteiger partial charge in [-0.2, -0.15) is 0 Å². The number of likely N-dealkylation sites (tertiary alicyclic amines) is 1. The Morgan fingerprint density at radius 1 is 1.33 bits per heavy atom. The summed E-state index contributed by atoms with van der Waals surface area (Å²) in [7, 11) is 2.35. The first-order chi connectivity index (χ1) is 4.04. The average molecular weight is 128 g/mol. The molecule has 9 heavy (non-hydrogen) atoms. The summed E-state index contributed by atoms with van der Waals surface area (Å²) in [5.74, 6) is 0.970. The molecule has 1 fully saturated rings. The summed E-state index contributed by atoms with van der Waals surface area (Å²) in [6.45, 7) is 9.73. The van der Waals surface area contributed by atoms with Gasteiger partial charge in [-0.1, -0.05) is 6.92 Å². The van der Waals surface area contributed by atoms with Gasteiger partial charge in [-0.3, -0.25) is 0 Å². The summed E-state index contributed by atoms with van der Waals surface area (Å²) >= 11 is 0. The molecule has 0 spiro atoms. The molecule has 0 aromatic heterocycles. The van der Waals surface area contributed by atoms with E-state index in [0.717, 1.165) is 12.0 Å². The highest BCUT2D eigenvalue weighted by Gasteiger charge is 2.39. The van der Waals surface area contributed by atoms with E-state index in [-0.39, 0.29) is 0 Å². The zero-order chi connectivity index (χ0) is 7.07. The van der Waals surface area contributed by atoms with Crippen molar-refractivity contribution in [3.05, 3.63) is 0 Å². The Kier molecular flexibility index (Phi) is 1.55. The quantitative estimate of drug-likeness (QED) is 0.469. The van der Waals surface area contributed by atoms with Crippen LogP contribution in [-0.2, 0) is 0 Å². The Hall–Kier alpha value is -0.0400. The molecule has 1 heterocycles. The predicted molar refractivity (Wildman–Crippen MR) is 40.2 cm³/mol. The lowest BCUT2D eigenvalue weighted by Gasteiger charge is -2.49. The van der Waals surface area contributed by atoms with Crippen LogP contribution < -0.4 is 0 Å². The molecule has 0 N–H and O–H groups in total. The van der Waals surface area contributed by atoms with Gasteiger partial charge in [0.05, 0.1) is 32.1 Å². The molecule has 0 aliphatic carbocycles. The van der Waals surface area contributed by atoms with Crippen LogP contribution in [0, 0.1) is 5.92 Å². The van der Waals surface area contributed by atoms with Crippen LogP contribution in [0.3, 0.4) is 0 Å². The van der Waals surface area contributed by atoms with Gasteiger partial charge in [-0.05, 0) is 13.8 Å². The van der Waals surface area contributed by atoms with Crippen LogP contribution >= 0.6 is 0 Å². The van der Waals surface area contributed by atoms with Crippen LogP contribution in [0.1, 0.15) is 20.8 Å². The van der Waals surface area contributed by atoms with Crippen molar-refractivity contribution in [2.75, 3.05) is 20.1 Å². The lowest BCUT2D eigenvalue weighted by molar-refractivity contribution is -0.974. The van der Waals surface area contributed by atoms with Crippen LogP contribution in [0.5, 0.6) is 0 Å². The smallest absolute Gasteiger partial charge is 0.0867 e. The van der Waals surface area contributed by atoms with E-state index < -0.39 is 0 Å². The van der Waals surface area contributed by atoms with Crippen molar-refractivity contribution in [1.82, 2.24) is 0 Å². The molecule has 0 aromatic rings. The van der Waals surface area contributed by atoms with Gasteiger partial charge in [-0.25, -0.2) is 0 Å². The highest BCUT2D eigenvalue weighted by Crippen LogP contribution is 2.25. The highest BCUT2D eigenvalue weighted by atomic mass is 15.4. The largest absolute Gasteiger partial charge is 0.323 e. The molecule has 0 amide bonds. The van der Waals surface area contributed by atoms with E-state index in [1.54, 1.807) is 0 Å². The van der Waals surface area contributed by atoms with E-state index >= 15 is 0 Å². The zero-order valence-electron chi connectivity index (χ0n) is 7.02. The molecule has 0 aromatic carbocycles. The summed E-state index contributed by atoms with van der Waals surface area (Å²) in [5.41, 5.74) is 0. The summed E-state index contributed by atoms with van der Waals surface area (Å²) in [6, 6.07) is 0.821. The second-order valence-corrected chi connectivity index (χ2v) is 4.04. The Morgan fingerprint density at radius 2 is 1.78 bits per heavy atom. The third kappa shape index (κ3) is 1.11. The number of rotatable bonds is 1. The Balaban J connectivity index is 2.40. The van der Waals surface area contributed by atoms with E-state index in [9.17, 15) is 0 Å². The molecular weight excluding hydrogens is 110 g/mol.